The molecule has 4 rings (SSSR count). The number of hydrogen-bond acceptors (Lipinski definition) is 7. The van der Waals surface area contributed by atoms with Crippen LogP contribution in [0.1, 0.15) is 48.0 Å². The molecule has 2 aliphatic rings. The number of hydrogen-bond donors (Lipinski definition) is 1. The second kappa shape index (κ2) is 11.2. The summed E-state index contributed by atoms with van der Waals surface area (Å²) in [7, 11) is 1.39. The standard InChI is InChI=1S/C25H33N5O3/c1-33-24(32)21-7-5-19(6-8-21)16-26-14-11-22-9-10-23(31)30(22)18-20-4-2-15-29(17-20)25-27-12-3-13-28-25/h3,5-8,12-13,20,22,26H,2,4,9-11,14-18H2,1H3/t20-,22+/m1/s1. The molecule has 2 saturated heterocycles. The molecule has 8 heteroatoms. The van der Waals surface area contributed by atoms with Crippen LogP contribution in [0.4, 0.5) is 5.95 Å². The van der Waals surface area contributed by atoms with E-state index in [-0.39, 0.29) is 11.9 Å². The summed E-state index contributed by atoms with van der Waals surface area (Å²) in [6.07, 6.45) is 8.35. The summed E-state index contributed by atoms with van der Waals surface area (Å²) in [5, 5.41) is 3.48. The van der Waals surface area contributed by atoms with Gasteiger partial charge in [-0.3, -0.25) is 4.79 Å². The Kier molecular flexibility index (Phi) is 7.88. The van der Waals surface area contributed by atoms with Gasteiger partial charge in [-0.1, -0.05) is 12.1 Å². The Morgan fingerprint density at radius 1 is 1.18 bits per heavy atom. The summed E-state index contributed by atoms with van der Waals surface area (Å²) < 4.78 is 4.74. The van der Waals surface area contributed by atoms with Crippen LogP contribution in [0.3, 0.4) is 0 Å². The van der Waals surface area contributed by atoms with Crippen LogP contribution < -0.4 is 10.2 Å². The summed E-state index contributed by atoms with van der Waals surface area (Å²) >= 11 is 0. The van der Waals surface area contributed by atoms with E-state index in [0.717, 1.165) is 69.9 Å². The summed E-state index contributed by atoms with van der Waals surface area (Å²) in [6, 6.07) is 9.59. The van der Waals surface area contributed by atoms with Crippen molar-refractivity contribution in [1.29, 1.82) is 0 Å². The van der Waals surface area contributed by atoms with E-state index in [0.29, 0.717) is 23.9 Å². The van der Waals surface area contributed by atoms with Crippen molar-refractivity contribution in [2.45, 2.75) is 44.7 Å². The molecule has 0 unspecified atom stereocenters. The molecule has 176 valence electrons. The van der Waals surface area contributed by atoms with Crippen LogP contribution in [0.15, 0.2) is 42.7 Å². The number of aromatic nitrogens is 2. The van der Waals surface area contributed by atoms with Crippen LogP contribution in [0.5, 0.6) is 0 Å². The number of anilines is 1. The fourth-order valence-electron chi connectivity index (χ4n) is 4.85. The first kappa shape index (κ1) is 23.2. The second-order valence-electron chi connectivity index (χ2n) is 8.90. The number of ether oxygens (including phenoxy) is 1. The third-order valence-electron chi connectivity index (χ3n) is 6.62. The Hall–Kier alpha value is -3.00. The van der Waals surface area contributed by atoms with Crippen molar-refractivity contribution < 1.29 is 14.3 Å². The second-order valence-corrected chi connectivity index (χ2v) is 8.90. The van der Waals surface area contributed by atoms with Crippen molar-refractivity contribution >= 4 is 17.8 Å². The maximum atomic E-state index is 12.6. The quantitative estimate of drug-likeness (QED) is 0.463. The fraction of sp³-hybridized carbons (Fsp3) is 0.520. The van der Waals surface area contributed by atoms with Gasteiger partial charge in [-0.05, 0) is 61.9 Å². The van der Waals surface area contributed by atoms with Gasteiger partial charge < -0.3 is 19.9 Å². The Labute approximate surface area is 195 Å². The molecule has 0 bridgehead atoms. The molecule has 2 aliphatic heterocycles. The minimum Gasteiger partial charge on any atom is -0.465 e. The number of benzene rings is 1. The third kappa shape index (κ3) is 6.07. The van der Waals surface area contributed by atoms with Gasteiger partial charge in [0, 0.05) is 51.0 Å². The predicted molar refractivity (Wildman–Crippen MR) is 126 cm³/mol. The van der Waals surface area contributed by atoms with E-state index < -0.39 is 0 Å². The van der Waals surface area contributed by atoms with Gasteiger partial charge in [0.1, 0.15) is 0 Å². The van der Waals surface area contributed by atoms with Gasteiger partial charge in [-0.2, -0.15) is 0 Å². The van der Waals surface area contributed by atoms with Gasteiger partial charge in [-0.15, -0.1) is 0 Å². The molecular weight excluding hydrogens is 418 g/mol. The topological polar surface area (TPSA) is 87.7 Å². The molecule has 33 heavy (non-hydrogen) atoms. The Morgan fingerprint density at radius 3 is 2.73 bits per heavy atom. The van der Waals surface area contributed by atoms with Gasteiger partial charge in [0.05, 0.1) is 12.7 Å². The van der Waals surface area contributed by atoms with Crippen molar-refractivity contribution in [3.05, 3.63) is 53.9 Å². The zero-order chi connectivity index (χ0) is 23.0. The van der Waals surface area contributed by atoms with E-state index in [1.54, 1.807) is 24.5 Å². The summed E-state index contributed by atoms with van der Waals surface area (Å²) in [5.41, 5.74) is 1.67. The minimum atomic E-state index is -0.321. The van der Waals surface area contributed by atoms with E-state index in [1.165, 1.54) is 7.11 Å². The molecule has 0 saturated carbocycles. The van der Waals surface area contributed by atoms with Gasteiger partial charge in [0.2, 0.25) is 11.9 Å². The molecule has 2 atom stereocenters. The highest BCUT2D eigenvalue weighted by molar-refractivity contribution is 5.89. The normalized spacial score (nSPS) is 20.8. The number of amides is 1. The fourth-order valence-corrected chi connectivity index (χ4v) is 4.85. The van der Waals surface area contributed by atoms with Gasteiger partial charge in [0.25, 0.3) is 0 Å². The number of nitrogens with zero attached hydrogens (tertiary/aromatic N) is 4. The molecule has 8 nitrogen and oxygen atoms in total. The molecule has 0 radical (unpaired) electrons. The van der Waals surface area contributed by atoms with Crippen molar-refractivity contribution in [1.82, 2.24) is 20.2 Å². The number of piperidine rings is 1. The molecule has 2 fully saturated rings. The highest BCUT2D eigenvalue weighted by atomic mass is 16.5. The predicted octanol–water partition coefficient (Wildman–Crippen LogP) is 2.65. The van der Waals surface area contributed by atoms with E-state index in [2.05, 4.69) is 25.1 Å². The first-order chi connectivity index (χ1) is 16.1. The molecule has 1 amide bonds. The summed E-state index contributed by atoms with van der Waals surface area (Å²) in [4.78, 5) is 37.3. The average molecular weight is 452 g/mol. The maximum absolute atomic E-state index is 12.6. The first-order valence-corrected chi connectivity index (χ1v) is 11.8. The molecule has 0 spiro atoms. The first-order valence-electron chi connectivity index (χ1n) is 11.8. The maximum Gasteiger partial charge on any atom is 0.337 e. The lowest BCUT2D eigenvalue weighted by Crippen LogP contribution is -2.44. The largest absolute Gasteiger partial charge is 0.465 e. The minimum absolute atomic E-state index is 0.284. The zero-order valence-corrected chi connectivity index (χ0v) is 19.3. The lowest BCUT2D eigenvalue weighted by Gasteiger charge is -2.36. The lowest BCUT2D eigenvalue weighted by molar-refractivity contribution is -0.129. The molecule has 1 N–H and O–H groups in total. The van der Waals surface area contributed by atoms with Crippen LogP contribution >= 0.6 is 0 Å². The molecule has 2 aromatic rings. The molecular formula is C25H33N5O3. The highest BCUT2D eigenvalue weighted by Crippen LogP contribution is 2.26. The number of likely N-dealkylation sites (tertiary alicyclic amines) is 1. The number of nitrogens with one attached hydrogen (secondary N) is 1. The van der Waals surface area contributed by atoms with E-state index in [4.69, 9.17) is 4.74 Å². The Bertz CT molecular complexity index is 921. The monoisotopic (exact) mass is 451 g/mol. The average Bonchev–Trinajstić information content (AvgIpc) is 3.21. The lowest BCUT2D eigenvalue weighted by atomic mass is 9.97. The van der Waals surface area contributed by atoms with E-state index >= 15 is 0 Å². The van der Waals surface area contributed by atoms with Crippen molar-refractivity contribution in [3.8, 4) is 0 Å². The van der Waals surface area contributed by atoms with Crippen molar-refractivity contribution in [2.75, 3.05) is 38.2 Å². The summed E-state index contributed by atoms with van der Waals surface area (Å²) in [6.45, 7) is 4.28. The van der Waals surface area contributed by atoms with Crippen LogP contribution in [0.25, 0.3) is 0 Å². The Morgan fingerprint density at radius 2 is 1.97 bits per heavy atom. The molecule has 3 heterocycles. The van der Waals surface area contributed by atoms with Crippen molar-refractivity contribution in [2.24, 2.45) is 5.92 Å². The number of rotatable bonds is 9. The zero-order valence-electron chi connectivity index (χ0n) is 19.3. The van der Waals surface area contributed by atoms with Gasteiger partial charge in [0.15, 0.2) is 0 Å². The van der Waals surface area contributed by atoms with Crippen molar-refractivity contribution in [3.63, 3.8) is 0 Å². The highest BCUT2D eigenvalue weighted by Gasteiger charge is 2.33. The SMILES string of the molecule is COC(=O)c1ccc(CNCC[C@@H]2CCC(=O)N2C[C@@H]2CCCN(c3ncccn3)C2)cc1. The van der Waals surface area contributed by atoms with Crippen LogP contribution in [0, 0.1) is 5.92 Å². The molecule has 0 aliphatic carbocycles. The van der Waals surface area contributed by atoms with Gasteiger partial charge in [-0.25, -0.2) is 14.8 Å². The number of esters is 1. The smallest absolute Gasteiger partial charge is 0.337 e. The van der Waals surface area contributed by atoms with Gasteiger partial charge >= 0.3 is 5.97 Å². The van der Waals surface area contributed by atoms with E-state index in [9.17, 15) is 9.59 Å². The van der Waals surface area contributed by atoms with Crippen LogP contribution in [-0.4, -0.2) is 66.1 Å². The number of carbonyl (C=O) groups is 2. The molecule has 1 aromatic carbocycles. The van der Waals surface area contributed by atoms with E-state index in [1.807, 2.05) is 18.2 Å². The molecule has 1 aromatic heterocycles. The van der Waals surface area contributed by atoms with Crippen LogP contribution in [0.2, 0.25) is 0 Å². The number of carbonyl (C=O) groups excluding carboxylic acids is 2. The number of methoxy groups -OCH3 is 1. The summed E-state index contributed by atoms with van der Waals surface area (Å²) in [5.74, 6) is 1.20. The third-order valence-corrected chi connectivity index (χ3v) is 6.62. The Balaban J connectivity index is 1.24. The van der Waals surface area contributed by atoms with Crippen LogP contribution in [-0.2, 0) is 16.1 Å².